The van der Waals surface area contributed by atoms with Gasteiger partial charge in [-0.25, -0.2) is 8.78 Å². The van der Waals surface area contributed by atoms with E-state index in [4.69, 9.17) is 4.74 Å². The summed E-state index contributed by atoms with van der Waals surface area (Å²) in [7, 11) is 1.40. The number of ether oxygens (including phenoxy) is 1. The van der Waals surface area contributed by atoms with Crippen LogP contribution in [-0.2, 0) is 0 Å². The number of carbonyl (C=O) groups is 1. The first-order valence-electron chi connectivity index (χ1n) is 5.92. The molecule has 2 aromatic rings. The zero-order valence-electron chi connectivity index (χ0n) is 11.0. The summed E-state index contributed by atoms with van der Waals surface area (Å²) in [6.07, 6.45) is 0. The van der Waals surface area contributed by atoms with Crippen LogP contribution in [0, 0.1) is 18.6 Å². The highest BCUT2D eigenvalue weighted by atomic mass is 19.1. The van der Waals surface area contributed by atoms with Crippen molar-refractivity contribution in [1.82, 2.24) is 0 Å². The SMILES string of the molecule is COc1ccc(C(=O)Nc2cc(C)ccc2F)c(F)c1. The van der Waals surface area contributed by atoms with Crippen molar-refractivity contribution < 1.29 is 18.3 Å². The molecule has 0 fully saturated rings. The molecule has 2 aromatic carbocycles. The number of aryl methyl sites for hydroxylation is 1. The van der Waals surface area contributed by atoms with E-state index in [0.29, 0.717) is 5.75 Å². The lowest BCUT2D eigenvalue weighted by atomic mass is 10.1. The molecule has 0 spiro atoms. The predicted molar refractivity (Wildman–Crippen MR) is 72.0 cm³/mol. The molecular weight excluding hydrogens is 264 g/mol. The van der Waals surface area contributed by atoms with Crippen LogP contribution in [0.1, 0.15) is 15.9 Å². The van der Waals surface area contributed by atoms with Crippen molar-refractivity contribution in [2.75, 3.05) is 12.4 Å². The number of nitrogens with one attached hydrogen (secondary N) is 1. The normalized spacial score (nSPS) is 10.2. The smallest absolute Gasteiger partial charge is 0.258 e. The van der Waals surface area contributed by atoms with Crippen molar-refractivity contribution in [2.24, 2.45) is 0 Å². The number of amides is 1. The van der Waals surface area contributed by atoms with E-state index in [1.54, 1.807) is 13.0 Å². The summed E-state index contributed by atoms with van der Waals surface area (Å²) in [4.78, 5) is 11.9. The van der Waals surface area contributed by atoms with Crippen LogP contribution >= 0.6 is 0 Å². The number of methoxy groups -OCH3 is 1. The Morgan fingerprint density at radius 1 is 1.10 bits per heavy atom. The maximum atomic E-state index is 13.7. The Kier molecular flexibility index (Phi) is 3.98. The number of hydrogen-bond donors (Lipinski definition) is 1. The van der Waals surface area contributed by atoms with E-state index in [-0.39, 0.29) is 11.3 Å². The Hall–Kier alpha value is -2.43. The van der Waals surface area contributed by atoms with Gasteiger partial charge in [-0.1, -0.05) is 6.07 Å². The van der Waals surface area contributed by atoms with Gasteiger partial charge in [-0.05, 0) is 36.8 Å². The van der Waals surface area contributed by atoms with Gasteiger partial charge in [0.2, 0.25) is 0 Å². The molecule has 0 saturated carbocycles. The average molecular weight is 277 g/mol. The second kappa shape index (κ2) is 5.69. The second-order valence-electron chi connectivity index (χ2n) is 4.28. The monoisotopic (exact) mass is 277 g/mol. The Labute approximate surface area is 115 Å². The lowest BCUT2D eigenvalue weighted by Crippen LogP contribution is -2.14. The van der Waals surface area contributed by atoms with E-state index >= 15 is 0 Å². The van der Waals surface area contributed by atoms with E-state index in [2.05, 4.69) is 5.32 Å². The van der Waals surface area contributed by atoms with Crippen LogP contribution in [0.5, 0.6) is 5.75 Å². The minimum absolute atomic E-state index is 0.0187. The van der Waals surface area contributed by atoms with E-state index < -0.39 is 17.5 Å². The van der Waals surface area contributed by atoms with Crippen molar-refractivity contribution in [3.8, 4) is 5.75 Å². The van der Waals surface area contributed by atoms with Gasteiger partial charge in [-0.15, -0.1) is 0 Å². The number of benzene rings is 2. The van der Waals surface area contributed by atoms with E-state index in [1.807, 2.05) is 0 Å². The summed E-state index contributed by atoms with van der Waals surface area (Å²) in [6.45, 7) is 1.77. The third kappa shape index (κ3) is 2.93. The van der Waals surface area contributed by atoms with Gasteiger partial charge in [-0.3, -0.25) is 4.79 Å². The van der Waals surface area contributed by atoms with Crippen LogP contribution in [0.2, 0.25) is 0 Å². The van der Waals surface area contributed by atoms with Crippen LogP contribution in [0.15, 0.2) is 36.4 Å². The van der Waals surface area contributed by atoms with Crippen molar-refractivity contribution in [1.29, 1.82) is 0 Å². The molecule has 0 heterocycles. The summed E-state index contributed by atoms with van der Waals surface area (Å²) in [5, 5.41) is 2.35. The largest absolute Gasteiger partial charge is 0.497 e. The first-order valence-corrected chi connectivity index (χ1v) is 5.92. The predicted octanol–water partition coefficient (Wildman–Crippen LogP) is 3.53. The summed E-state index contributed by atoms with van der Waals surface area (Å²) < 4.78 is 32.1. The first kappa shape index (κ1) is 14.0. The van der Waals surface area contributed by atoms with E-state index in [0.717, 1.165) is 11.6 Å². The Balaban J connectivity index is 2.26. The fourth-order valence-electron chi connectivity index (χ4n) is 1.73. The number of anilines is 1. The Bertz CT molecular complexity index is 656. The number of halogens is 2. The molecule has 0 bridgehead atoms. The molecule has 1 N–H and O–H groups in total. The number of hydrogen-bond acceptors (Lipinski definition) is 2. The summed E-state index contributed by atoms with van der Waals surface area (Å²) in [6, 6.07) is 8.16. The molecule has 3 nitrogen and oxygen atoms in total. The number of rotatable bonds is 3. The lowest BCUT2D eigenvalue weighted by molar-refractivity contribution is 0.102. The molecule has 0 aliphatic rings. The van der Waals surface area contributed by atoms with Crippen LogP contribution in [0.4, 0.5) is 14.5 Å². The standard InChI is InChI=1S/C15H13F2NO2/c1-9-3-6-12(16)14(7-9)18-15(19)11-5-4-10(20-2)8-13(11)17/h3-8H,1-2H3,(H,18,19). The Morgan fingerprint density at radius 3 is 2.50 bits per heavy atom. The minimum atomic E-state index is -0.727. The van der Waals surface area contributed by atoms with Crippen molar-refractivity contribution in [2.45, 2.75) is 6.92 Å². The molecule has 2 rings (SSSR count). The van der Waals surface area contributed by atoms with E-state index in [1.165, 1.54) is 31.4 Å². The number of carbonyl (C=O) groups excluding carboxylic acids is 1. The van der Waals surface area contributed by atoms with Gasteiger partial charge in [0.1, 0.15) is 17.4 Å². The van der Waals surface area contributed by atoms with Gasteiger partial charge in [0, 0.05) is 6.07 Å². The van der Waals surface area contributed by atoms with Gasteiger partial charge < -0.3 is 10.1 Å². The van der Waals surface area contributed by atoms with Crippen molar-refractivity contribution in [3.63, 3.8) is 0 Å². The second-order valence-corrected chi connectivity index (χ2v) is 4.28. The molecule has 0 radical (unpaired) electrons. The molecule has 0 aliphatic heterocycles. The Morgan fingerprint density at radius 2 is 1.85 bits per heavy atom. The average Bonchev–Trinajstić information content (AvgIpc) is 2.42. The minimum Gasteiger partial charge on any atom is -0.497 e. The summed E-state index contributed by atoms with van der Waals surface area (Å²) >= 11 is 0. The fraction of sp³-hybridized carbons (Fsp3) is 0.133. The molecule has 0 atom stereocenters. The highest BCUT2D eigenvalue weighted by Gasteiger charge is 2.14. The topological polar surface area (TPSA) is 38.3 Å². The third-order valence-corrected chi connectivity index (χ3v) is 2.79. The maximum Gasteiger partial charge on any atom is 0.258 e. The van der Waals surface area contributed by atoms with Crippen LogP contribution < -0.4 is 10.1 Å². The van der Waals surface area contributed by atoms with Gasteiger partial charge >= 0.3 is 0 Å². The third-order valence-electron chi connectivity index (χ3n) is 2.79. The molecule has 0 saturated heterocycles. The van der Waals surface area contributed by atoms with Crippen molar-refractivity contribution in [3.05, 3.63) is 59.2 Å². The molecule has 5 heteroatoms. The van der Waals surface area contributed by atoms with Gasteiger partial charge in [-0.2, -0.15) is 0 Å². The summed E-state index contributed by atoms with van der Waals surface area (Å²) in [5.41, 5.74) is 0.633. The molecule has 0 aliphatic carbocycles. The molecule has 0 aromatic heterocycles. The highest BCUT2D eigenvalue weighted by molar-refractivity contribution is 6.04. The fourth-order valence-corrected chi connectivity index (χ4v) is 1.73. The van der Waals surface area contributed by atoms with Crippen LogP contribution in [0.3, 0.4) is 0 Å². The maximum absolute atomic E-state index is 13.7. The van der Waals surface area contributed by atoms with Crippen molar-refractivity contribution >= 4 is 11.6 Å². The quantitative estimate of drug-likeness (QED) is 0.932. The van der Waals surface area contributed by atoms with E-state index in [9.17, 15) is 13.6 Å². The zero-order valence-corrected chi connectivity index (χ0v) is 11.0. The molecule has 0 unspecified atom stereocenters. The van der Waals surface area contributed by atoms with Crippen LogP contribution in [-0.4, -0.2) is 13.0 Å². The van der Waals surface area contributed by atoms with Crippen LogP contribution in [0.25, 0.3) is 0 Å². The van der Waals surface area contributed by atoms with Gasteiger partial charge in [0.15, 0.2) is 0 Å². The van der Waals surface area contributed by atoms with Gasteiger partial charge in [0.25, 0.3) is 5.91 Å². The molecule has 20 heavy (non-hydrogen) atoms. The molecule has 1 amide bonds. The highest BCUT2D eigenvalue weighted by Crippen LogP contribution is 2.20. The lowest BCUT2D eigenvalue weighted by Gasteiger charge is -2.09. The first-order chi connectivity index (χ1) is 9.51. The summed E-state index contributed by atoms with van der Waals surface area (Å²) in [5.74, 6) is -1.71. The molecule has 104 valence electrons. The molecular formula is C15H13F2NO2. The van der Waals surface area contributed by atoms with Gasteiger partial charge in [0.05, 0.1) is 18.4 Å². The zero-order chi connectivity index (χ0) is 14.7.